The third-order valence-corrected chi connectivity index (χ3v) is 4.18. The molecule has 102 valence electrons. The van der Waals surface area contributed by atoms with Crippen LogP contribution in [-0.2, 0) is 0 Å². The normalized spacial score (nSPS) is 23.4. The number of carboxylic acids is 1. The Morgan fingerprint density at radius 1 is 1.32 bits per heavy atom. The van der Waals surface area contributed by atoms with Gasteiger partial charge < -0.3 is 15.7 Å². The zero-order valence-electron chi connectivity index (χ0n) is 10.9. The van der Waals surface area contributed by atoms with Crippen molar-refractivity contribution in [3.8, 4) is 0 Å². The van der Waals surface area contributed by atoms with E-state index < -0.39 is 5.97 Å². The maximum absolute atomic E-state index is 11.3. The van der Waals surface area contributed by atoms with Gasteiger partial charge in [-0.05, 0) is 37.6 Å². The third kappa shape index (κ3) is 2.26. The Morgan fingerprint density at radius 3 is 2.95 bits per heavy atom. The van der Waals surface area contributed by atoms with Crippen molar-refractivity contribution in [3.63, 3.8) is 0 Å². The summed E-state index contributed by atoms with van der Waals surface area (Å²) in [7, 11) is 0. The Kier molecular flexibility index (Phi) is 3.06. The van der Waals surface area contributed by atoms with Crippen molar-refractivity contribution in [2.45, 2.75) is 18.9 Å². The molecule has 1 unspecified atom stereocenters. The molecule has 2 saturated heterocycles. The number of nitrogen functional groups attached to an aromatic ring is 1. The van der Waals surface area contributed by atoms with Crippen molar-refractivity contribution in [1.82, 2.24) is 4.90 Å². The van der Waals surface area contributed by atoms with Crippen LogP contribution in [0.3, 0.4) is 0 Å². The van der Waals surface area contributed by atoms with Gasteiger partial charge in [0.1, 0.15) is 0 Å². The quantitative estimate of drug-likeness (QED) is 0.784. The van der Waals surface area contributed by atoms with E-state index in [4.69, 9.17) is 5.73 Å². The summed E-state index contributed by atoms with van der Waals surface area (Å²) in [5, 5.41) is 9.30. The predicted molar refractivity (Wildman–Crippen MR) is 74.6 cm³/mol. The summed E-state index contributed by atoms with van der Waals surface area (Å²) in [4.78, 5) is 16.0. The van der Waals surface area contributed by atoms with Gasteiger partial charge >= 0.3 is 5.97 Å². The fraction of sp³-hybridized carbons (Fsp3) is 0.500. The summed E-state index contributed by atoms with van der Waals surface area (Å²) in [6.07, 6.45) is 2.46. The molecule has 3 rings (SSSR count). The second-order valence-electron chi connectivity index (χ2n) is 5.36. The molecule has 2 aliphatic rings. The summed E-state index contributed by atoms with van der Waals surface area (Å²) in [6, 6.07) is 5.61. The number of aromatic carboxylic acids is 1. The molecule has 0 bridgehead atoms. The molecule has 5 nitrogen and oxygen atoms in total. The number of nitrogens with zero attached hydrogens (tertiary/aromatic N) is 2. The van der Waals surface area contributed by atoms with Crippen LogP contribution in [0.4, 0.5) is 11.4 Å². The van der Waals surface area contributed by atoms with Crippen LogP contribution in [0, 0.1) is 0 Å². The summed E-state index contributed by atoms with van der Waals surface area (Å²) in [5.74, 6) is -0.885. The van der Waals surface area contributed by atoms with Crippen LogP contribution >= 0.6 is 0 Å². The zero-order chi connectivity index (χ0) is 13.4. The van der Waals surface area contributed by atoms with Gasteiger partial charge in [-0.1, -0.05) is 0 Å². The molecule has 0 aliphatic carbocycles. The number of benzene rings is 1. The van der Waals surface area contributed by atoms with Gasteiger partial charge in [-0.25, -0.2) is 4.79 Å². The SMILES string of the molecule is Nc1ccc(C(=O)O)c(N2CCN3CCCC3C2)c1. The van der Waals surface area contributed by atoms with E-state index >= 15 is 0 Å². The number of carboxylic acid groups (broad SMARTS) is 1. The molecule has 5 heteroatoms. The van der Waals surface area contributed by atoms with Gasteiger partial charge in [0, 0.05) is 31.4 Å². The fourth-order valence-corrected chi connectivity index (χ4v) is 3.20. The van der Waals surface area contributed by atoms with Crippen LogP contribution in [-0.4, -0.2) is 48.2 Å². The highest BCUT2D eigenvalue weighted by Gasteiger charge is 2.31. The lowest BCUT2D eigenvalue weighted by Crippen LogP contribution is -2.50. The van der Waals surface area contributed by atoms with Crippen molar-refractivity contribution in [1.29, 1.82) is 0 Å². The molecule has 2 heterocycles. The van der Waals surface area contributed by atoms with E-state index in [2.05, 4.69) is 9.80 Å². The second-order valence-corrected chi connectivity index (χ2v) is 5.36. The largest absolute Gasteiger partial charge is 0.478 e. The molecule has 19 heavy (non-hydrogen) atoms. The summed E-state index contributed by atoms with van der Waals surface area (Å²) >= 11 is 0. The van der Waals surface area contributed by atoms with E-state index in [0.29, 0.717) is 17.3 Å². The highest BCUT2D eigenvalue weighted by molar-refractivity contribution is 5.95. The molecular weight excluding hydrogens is 242 g/mol. The predicted octanol–water partition coefficient (Wildman–Crippen LogP) is 1.25. The van der Waals surface area contributed by atoms with E-state index in [0.717, 1.165) is 25.3 Å². The second kappa shape index (κ2) is 4.74. The summed E-state index contributed by atoms with van der Waals surface area (Å²) < 4.78 is 0. The Hall–Kier alpha value is -1.75. The van der Waals surface area contributed by atoms with E-state index in [9.17, 15) is 9.90 Å². The number of anilines is 2. The van der Waals surface area contributed by atoms with Crippen LogP contribution < -0.4 is 10.6 Å². The average molecular weight is 261 g/mol. The monoisotopic (exact) mass is 261 g/mol. The minimum atomic E-state index is -0.885. The molecule has 3 N–H and O–H groups in total. The van der Waals surface area contributed by atoms with Gasteiger partial charge in [-0.3, -0.25) is 4.90 Å². The van der Waals surface area contributed by atoms with Gasteiger partial charge in [0.15, 0.2) is 0 Å². The minimum absolute atomic E-state index is 0.348. The number of fused-ring (bicyclic) bond motifs is 1. The molecule has 2 aliphatic heterocycles. The van der Waals surface area contributed by atoms with Crippen molar-refractivity contribution >= 4 is 17.3 Å². The maximum atomic E-state index is 11.3. The molecule has 1 aromatic carbocycles. The number of piperazine rings is 1. The first kappa shape index (κ1) is 12.3. The Bertz CT molecular complexity index is 503. The van der Waals surface area contributed by atoms with E-state index in [1.165, 1.54) is 19.4 Å². The highest BCUT2D eigenvalue weighted by atomic mass is 16.4. The van der Waals surface area contributed by atoms with Gasteiger partial charge in [-0.15, -0.1) is 0 Å². The summed E-state index contributed by atoms with van der Waals surface area (Å²) in [6.45, 7) is 3.98. The number of hydrogen-bond donors (Lipinski definition) is 2. The fourth-order valence-electron chi connectivity index (χ4n) is 3.20. The Labute approximate surface area is 112 Å². The third-order valence-electron chi connectivity index (χ3n) is 4.18. The first-order valence-electron chi connectivity index (χ1n) is 6.77. The van der Waals surface area contributed by atoms with Crippen LogP contribution in [0.25, 0.3) is 0 Å². The van der Waals surface area contributed by atoms with Gasteiger partial charge in [0.05, 0.1) is 11.3 Å². The topological polar surface area (TPSA) is 69.8 Å². The number of hydrogen-bond acceptors (Lipinski definition) is 4. The number of rotatable bonds is 2. The van der Waals surface area contributed by atoms with Crippen LogP contribution in [0.1, 0.15) is 23.2 Å². The smallest absolute Gasteiger partial charge is 0.337 e. The van der Waals surface area contributed by atoms with Crippen molar-refractivity contribution in [2.75, 3.05) is 36.8 Å². The molecule has 0 amide bonds. The summed E-state index contributed by atoms with van der Waals surface area (Å²) in [5.41, 5.74) is 7.54. The minimum Gasteiger partial charge on any atom is -0.478 e. The van der Waals surface area contributed by atoms with Crippen LogP contribution in [0.15, 0.2) is 18.2 Å². The zero-order valence-corrected chi connectivity index (χ0v) is 10.9. The van der Waals surface area contributed by atoms with Gasteiger partial charge in [0.2, 0.25) is 0 Å². The van der Waals surface area contributed by atoms with Crippen molar-refractivity contribution in [3.05, 3.63) is 23.8 Å². The first-order valence-corrected chi connectivity index (χ1v) is 6.77. The maximum Gasteiger partial charge on any atom is 0.337 e. The Morgan fingerprint density at radius 2 is 2.16 bits per heavy atom. The number of carbonyl (C=O) groups is 1. The standard InChI is InChI=1S/C14H19N3O2/c15-10-3-4-12(14(18)19)13(8-10)17-7-6-16-5-1-2-11(16)9-17/h3-4,8,11H,1-2,5-7,9,15H2,(H,18,19). The highest BCUT2D eigenvalue weighted by Crippen LogP contribution is 2.29. The lowest BCUT2D eigenvalue weighted by molar-refractivity contribution is 0.0697. The molecule has 0 aromatic heterocycles. The lowest BCUT2D eigenvalue weighted by atomic mass is 10.1. The van der Waals surface area contributed by atoms with E-state index in [1.807, 2.05) is 0 Å². The first-order chi connectivity index (χ1) is 9.15. The Balaban J connectivity index is 1.89. The molecule has 0 spiro atoms. The van der Waals surface area contributed by atoms with Gasteiger partial charge in [0.25, 0.3) is 0 Å². The molecule has 1 atom stereocenters. The molecule has 0 saturated carbocycles. The molecular formula is C14H19N3O2. The van der Waals surface area contributed by atoms with Crippen molar-refractivity contribution < 1.29 is 9.90 Å². The molecule has 1 aromatic rings. The van der Waals surface area contributed by atoms with E-state index in [1.54, 1.807) is 18.2 Å². The lowest BCUT2D eigenvalue weighted by Gasteiger charge is -2.39. The molecule has 2 fully saturated rings. The molecule has 0 radical (unpaired) electrons. The van der Waals surface area contributed by atoms with Crippen LogP contribution in [0.2, 0.25) is 0 Å². The van der Waals surface area contributed by atoms with E-state index in [-0.39, 0.29) is 0 Å². The average Bonchev–Trinajstić information content (AvgIpc) is 2.85. The van der Waals surface area contributed by atoms with Crippen LogP contribution in [0.5, 0.6) is 0 Å². The van der Waals surface area contributed by atoms with Crippen molar-refractivity contribution in [2.24, 2.45) is 0 Å². The number of nitrogens with two attached hydrogens (primary N) is 1. The van der Waals surface area contributed by atoms with Gasteiger partial charge in [-0.2, -0.15) is 0 Å².